The summed E-state index contributed by atoms with van der Waals surface area (Å²) < 4.78 is 0.900. The molecular formula is C15H18BrN5O2S. The lowest BCUT2D eigenvalue weighted by molar-refractivity contribution is 0.0925. The van der Waals surface area contributed by atoms with Crippen LogP contribution in [0.2, 0.25) is 0 Å². The molecule has 2 aromatic heterocycles. The molecule has 0 atom stereocenters. The van der Waals surface area contributed by atoms with Crippen molar-refractivity contribution >= 4 is 44.2 Å². The number of carbonyl (C=O) groups excluding carboxylic acids is 2. The number of aromatic amines is 1. The van der Waals surface area contributed by atoms with Gasteiger partial charge in [-0.05, 0) is 41.8 Å². The molecule has 7 nitrogen and oxygen atoms in total. The number of H-pyrrole nitrogens is 1. The molecule has 3 heterocycles. The molecule has 0 saturated carbocycles. The molecule has 3 rings (SSSR count). The highest BCUT2D eigenvalue weighted by Gasteiger charge is 2.24. The Morgan fingerprint density at radius 2 is 2.17 bits per heavy atom. The van der Waals surface area contributed by atoms with E-state index in [2.05, 4.69) is 36.1 Å². The normalized spacial score (nSPS) is 15.5. The Hall–Kier alpha value is -1.87. The third kappa shape index (κ3) is 3.62. The van der Waals surface area contributed by atoms with Crippen molar-refractivity contribution in [1.82, 2.24) is 15.3 Å². The molecule has 2 aromatic rings. The number of nitrogens with zero attached hydrogens (tertiary/aromatic N) is 2. The van der Waals surface area contributed by atoms with E-state index in [1.54, 1.807) is 11.4 Å². The van der Waals surface area contributed by atoms with Crippen LogP contribution in [-0.2, 0) is 0 Å². The van der Waals surface area contributed by atoms with Crippen molar-refractivity contribution < 1.29 is 9.59 Å². The number of hydrogen-bond donors (Lipinski definition) is 3. The number of nitrogens with two attached hydrogens (primary N) is 1. The predicted molar refractivity (Wildman–Crippen MR) is 96.6 cm³/mol. The van der Waals surface area contributed by atoms with Gasteiger partial charge in [0.1, 0.15) is 11.4 Å². The lowest BCUT2D eigenvalue weighted by atomic mass is 10.1. The van der Waals surface area contributed by atoms with E-state index in [4.69, 9.17) is 5.73 Å². The topological polar surface area (TPSA) is 104 Å². The van der Waals surface area contributed by atoms with Crippen LogP contribution in [0.15, 0.2) is 15.9 Å². The van der Waals surface area contributed by atoms with E-state index < -0.39 is 5.91 Å². The first kappa shape index (κ1) is 17.0. The fourth-order valence-corrected chi connectivity index (χ4v) is 3.85. The monoisotopic (exact) mass is 411 g/mol. The maximum absolute atomic E-state index is 12.3. The first-order valence-electron chi connectivity index (χ1n) is 7.60. The van der Waals surface area contributed by atoms with Crippen LogP contribution >= 0.6 is 27.3 Å². The number of anilines is 1. The Balaban J connectivity index is 1.54. The Morgan fingerprint density at radius 1 is 1.46 bits per heavy atom. The minimum atomic E-state index is -0.507. The number of primary amides is 1. The van der Waals surface area contributed by atoms with Gasteiger partial charge in [-0.1, -0.05) is 0 Å². The molecule has 1 fully saturated rings. The molecule has 0 unspecified atom stereocenters. The van der Waals surface area contributed by atoms with Crippen LogP contribution in [0.1, 0.15) is 39.5 Å². The maximum Gasteiger partial charge on any atom is 0.268 e. The zero-order valence-corrected chi connectivity index (χ0v) is 15.5. The number of carbonyl (C=O) groups is 2. The average Bonchev–Trinajstić information content (AvgIpc) is 3.16. The van der Waals surface area contributed by atoms with Crippen LogP contribution in [0.5, 0.6) is 0 Å². The second-order valence-electron chi connectivity index (χ2n) is 5.77. The van der Waals surface area contributed by atoms with Gasteiger partial charge >= 0.3 is 0 Å². The molecule has 0 aromatic carbocycles. The van der Waals surface area contributed by atoms with E-state index in [1.165, 1.54) is 11.3 Å². The molecule has 1 aliphatic rings. The van der Waals surface area contributed by atoms with Crippen LogP contribution < -0.4 is 16.0 Å². The van der Waals surface area contributed by atoms with Gasteiger partial charge in [-0.3, -0.25) is 9.59 Å². The van der Waals surface area contributed by atoms with Crippen molar-refractivity contribution in [1.29, 1.82) is 0 Å². The SMILES string of the molecule is Cc1[nH]c(C(=O)NC2CCN(c3nc(C(N)=O)cs3)CC2)cc1Br. The summed E-state index contributed by atoms with van der Waals surface area (Å²) in [6, 6.07) is 1.92. The Morgan fingerprint density at radius 3 is 2.71 bits per heavy atom. The summed E-state index contributed by atoms with van der Waals surface area (Å²) in [5.74, 6) is -0.598. The molecule has 1 aliphatic heterocycles. The molecule has 2 amide bonds. The van der Waals surface area contributed by atoms with Gasteiger partial charge in [-0.2, -0.15) is 0 Å². The fraction of sp³-hybridized carbons (Fsp3) is 0.400. The number of amides is 2. The van der Waals surface area contributed by atoms with Crippen molar-refractivity contribution in [2.45, 2.75) is 25.8 Å². The van der Waals surface area contributed by atoms with Crippen molar-refractivity contribution in [2.75, 3.05) is 18.0 Å². The summed E-state index contributed by atoms with van der Waals surface area (Å²) in [6.45, 7) is 3.47. The quantitative estimate of drug-likeness (QED) is 0.715. The van der Waals surface area contributed by atoms with E-state index in [0.717, 1.165) is 41.2 Å². The van der Waals surface area contributed by atoms with Crippen molar-refractivity contribution in [2.24, 2.45) is 5.73 Å². The second-order valence-corrected chi connectivity index (χ2v) is 7.46. The molecule has 0 bridgehead atoms. The third-order valence-electron chi connectivity index (χ3n) is 4.04. The largest absolute Gasteiger partial charge is 0.364 e. The Bertz CT molecular complexity index is 744. The molecule has 0 spiro atoms. The molecule has 0 radical (unpaired) electrons. The number of halogens is 1. The van der Waals surface area contributed by atoms with Gasteiger partial charge in [0.2, 0.25) is 0 Å². The lowest BCUT2D eigenvalue weighted by Crippen LogP contribution is -2.44. The molecule has 128 valence electrons. The van der Waals surface area contributed by atoms with Gasteiger partial charge in [0.05, 0.1) is 0 Å². The van der Waals surface area contributed by atoms with E-state index in [0.29, 0.717) is 11.4 Å². The van der Waals surface area contributed by atoms with Crippen LogP contribution in [0, 0.1) is 6.92 Å². The van der Waals surface area contributed by atoms with Crippen molar-refractivity contribution in [3.8, 4) is 0 Å². The van der Waals surface area contributed by atoms with Crippen LogP contribution in [0.4, 0.5) is 5.13 Å². The number of rotatable bonds is 4. The summed E-state index contributed by atoms with van der Waals surface area (Å²) in [7, 11) is 0. The summed E-state index contributed by atoms with van der Waals surface area (Å²) in [5.41, 5.74) is 7.03. The van der Waals surface area contributed by atoms with Gasteiger partial charge < -0.3 is 20.9 Å². The lowest BCUT2D eigenvalue weighted by Gasteiger charge is -2.32. The first-order chi connectivity index (χ1) is 11.4. The predicted octanol–water partition coefficient (Wildman–Crippen LogP) is 2.04. The number of aryl methyl sites for hydroxylation is 1. The zero-order chi connectivity index (χ0) is 17.3. The Labute approximate surface area is 151 Å². The zero-order valence-electron chi connectivity index (χ0n) is 13.1. The van der Waals surface area contributed by atoms with Crippen molar-refractivity contribution in [3.63, 3.8) is 0 Å². The number of hydrogen-bond acceptors (Lipinski definition) is 5. The van der Waals surface area contributed by atoms with E-state index in [1.807, 2.05) is 6.92 Å². The van der Waals surface area contributed by atoms with Gasteiger partial charge in [0.25, 0.3) is 11.8 Å². The van der Waals surface area contributed by atoms with Gasteiger partial charge in [0.15, 0.2) is 5.13 Å². The minimum Gasteiger partial charge on any atom is -0.364 e. The number of piperidine rings is 1. The third-order valence-corrected chi connectivity index (χ3v) is 5.77. The second kappa shape index (κ2) is 6.94. The summed E-state index contributed by atoms with van der Waals surface area (Å²) in [5, 5.41) is 5.54. The smallest absolute Gasteiger partial charge is 0.268 e. The highest BCUT2D eigenvalue weighted by molar-refractivity contribution is 9.10. The summed E-state index contributed by atoms with van der Waals surface area (Å²) in [6.07, 6.45) is 1.66. The summed E-state index contributed by atoms with van der Waals surface area (Å²) >= 11 is 4.82. The molecule has 1 saturated heterocycles. The van der Waals surface area contributed by atoms with Gasteiger partial charge in [-0.15, -0.1) is 11.3 Å². The fourth-order valence-electron chi connectivity index (χ4n) is 2.66. The van der Waals surface area contributed by atoms with E-state index in [9.17, 15) is 9.59 Å². The molecule has 9 heteroatoms. The number of nitrogens with one attached hydrogen (secondary N) is 2. The number of aromatic nitrogens is 2. The molecule has 24 heavy (non-hydrogen) atoms. The summed E-state index contributed by atoms with van der Waals surface area (Å²) in [4.78, 5) is 32.8. The van der Waals surface area contributed by atoms with E-state index in [-0.39, 0.29) is 11.9 Å². The van der Waals surface area contributed by atoms with Crippen molar-refractivity contribution in [3.05, 3.63) is 33.0 Å². The molecular weight excluding hydrogens is 394 g/mol. The van der Waals surface area contributed by atoms with Crippen LogP contribution in [0.3, 0.4) is 0 Å². The average molecular weight is 412 g/mol. The van der Waals surface area contributed by atoms with Crippen LogP contribution in [-0.4, -0.2) is 40.9 Å². The molecule has 0 aliphatic carbocycles. The minimum absolute atomic E-state index is 0.0903. The first-order valence-corrected chi connectivity index (χ1v) is 9.27. The number of thiazole rings is 1. The van der Waals surface area contributed by atoms with Crippen LogP contribution in [0.25, 0.3) is 0 Å². The van der Waals surface area contributed by atoms with E-state index >= 15 is 0 Å². The van der Waals surface area contributed by atoms with Gasteiger partial charge in [-0.25, -0.2) is 4.98 Å². The standard InChI is InChI=1S/C15H18BrN5O2S/c1-8-10(16)6-11(18-8)14(23)19-9-2-4-21(5-3-9)15-20-12(7-24-15)13(17)22/h6-7,9,18H,2-5H2,1H3,(H2,17,22)(H,19,23). The molecule has 4 N–H and O–H groups in total. The Kier molecular flexibility index (Phi) is 4.91. The maximum atomic E-state index is 12.3. The highest BCUT2D eigenvalue weighted by Crippen LogP contribution is 2.24. The highest BCUT2D eigenvalue weighted by atomic mass is 79.9. The van der Waals surface area contributed by atoms with Gasteiger partial charge in [0, 0.05) is 34.7 Å².